The molecule has 0 aliphatic heterocycles. The second kappa shape index (κ2) is 11.3. The van der Waals surface area contributed by atoms with Crippen molar-refractivity contribution in [3.8, 4) is 23.0 Å². The van der Waals surface area contributed by atoms with Crippen LogP contribution in [0.15, 0.2) is 48.5 Å². The minimum Gasteiger partial charge on any atom is -0.480 e. The van der Waals surface area contributed by atoms with Crippen molar-refractivity contribution in [2.45, 2.75) is 31.3 Å². The molecule has 3 N–H and O–H groups in total. The van der Waals surface area contributed by atoms with Crippen LogP contribution in [0.5, 0.6) is 0 Å². The number of aliphatic carboxylic acids is 1. The predicted octanol–water partition coefficient (Wildman–Crippen LogP) is 2.44. The van der Waals surface area contributed by atoms with Crippen LogP contribution >= 0.6 is 0 Å². The number of nitrogens with zero attached hydrogens (tertiary/aromatic N) is 1. The number of benzene rings is 2. The summed E-state index contributed by atoms with van der Waals surface area (Å²) in [5, 5.41) is 14.4. The van der Waals surface area contributed by atoms with Gasteiger partial charge >= 0.3 is 12.1 Å². The molecule has 0 aromatic heterocycles. The number of rotatable bonds is 9. The zero-order chi connectivity index (χ0) is 24.7. The van der Waals surface area contributed by atoms with Gasteiger partial charge in [0.2, 0.25) is 5.91 Å². The van der Waals surface area contributed by atoms with E-state index in [1.165, 1.54) is 0 Å². The van der Waals surface area contributed by atoms with Crippen molar-refractivity contribution in [2.24, 2.45) is 0 Å². The third-order valence-corrected chi connectivity index (χ3v) is 5.60. The van der Waals surface area contributed by atoms with E-state index in [-0.39, 0.29) is 25.5 Å². The molecule has 1 aliphatic carbocycles. The van der Waals surface area contributed by atoms with E-state index in [4.69, 9.17) is 4.74 Å². The Morgan fingerprint density at radius 3 is 2.12 bits per heavy atom. The zero-order valence-electron chi connectivity index (χ0n) is 19.5. The van der Waals surface area contributed by atoms with Crippen LogP contribution in [0.3, 0.4) is 0 Å². The van der Waals surface area contributed by atoms with Crippen LogP contribution < -0.4 is 10.6 Å². The number of carbonyl (C=O) groups excluding carboxylic acids is 2. The second-order valence-corrected chi connectivity index (χ2v) is 8.32. The average Bonchev–Trinajstić information content (AvgIpc) is 3.13. The lowest BCUT2D eigenvalue weighted by atomic mass is 9.98. The first-order chi connectivity index (χ1) is 16.3. The first kappa shape index (κ1) is 24.8. The van der Waals surface area contributed by atoms with Gasteiger partial charge in [0.25, 0.3) is 0 Å². The summed E-state index contributed by atoms with van der Waals surface area (Å²) in [7, 11) is 3.49. The molecule has 1 aliphatic rings. The molecule has 3 rings (SSSR count). The van der Waals surface area contributed by atoms with E-state index in [0.29, 0.717) is 0 Å². The largest absolute Gasteiger partial charge is 0.480 e. The van der Waals surface area contributed by atoms with E-state index in [1.54, 1.807) is 25.9 Å². The van der Waals surface area contributed by atoms with Crippen LogP contribution in [0.4, 0.5) is 4.79 Å². The fourth-order valence-corrected chi connectivity index (χ4v) is 4.02. The zero-order valence-corrected chi connectivity index (χ0v) is 19.5. The number of alkyl carbamates (subject to hydrolysis) is 1. The number of likely N-dealkylation sites (N-methyl/N-ethyl adjacent to an activating group) is 1. The highest BCUT2D eigenvalue weighted by Gasteiger charge is 2.30. The Labute approximate surface area is 199 Å². The van der Waals surface area contributed by atoms with Gasteiger partial charge in [-0.15, -0.1) is 11.8 Å². The third-order valence-electron chi connectivity index (χ3n) is 5.60. The second-order valence-electron chi connectivity index (χ2n) is 8.32. The molecule has 2 amide bonds. The Morgan fingerprint density at radius 2 is 1.59 bits per heavy atom. The summed E-state index contributed by atoms with van der Waals surface area (Å²) in [5.41, 5.74) is 4.40. The Balaban J connectivity index is 1.67. The molecule has 1 unspecified atom stereocenters. The molecule has 0 saturated heterocycles. The molecule has 0 saturated carbocycles. The molecular weight excluding hydrogens is 434 g/mol. The van der Waals surface area contributed by atoms with Crippen LogP contribution in [0.1, 0.15) is 30.4 Å². The molecule has 2 aromatic carbocycles. The number of carboxylic acid groups (broad SMARTS) is 1. The molecule has 0 fully saturated rings. The van der Waals surface area contributed by atoms with Gasteiger partial charge in [0.1, 0.15) is 18.7 Å². The van der Waals surface area contributed by atoms with Crippen molar-refractivity contribution in [2.75, 3.05) is 27.2 Å². The highest BCUT2D eigenvalue weighted by molar-refractivity contribution is 5.89. The summed E-state index contributed by atoms with van der Waals surface area (Å²) >= 11 is 0. The van der Waals surface area contributed by atoms with Gasteiger partial charge in [-0.1, -0.05) is 48.5 Å². The van der Waals surface area contributed by atoms with Crippen LogP contribution in [0.25, 0.3) is 11.1 Å². The average molecular weight is 464 g/mol. The minimum absolute atomic E-state index is 0.0306. The van der Waals surface area contributed by atoms with Crippen LogP contribution in [-0.2, 0) is 14.3 Å². The Bertz CT molecular complexity index is 1070. The summed E-state index contributed by atoms with van der Waals surface area (Å²) in [6.45, 7) is 1.87. The Morgan fingerprint density at radius 1 is 1.00 bits per heavy atom. The molecule has 0 radical (unpaired) electrons. The first-order valence-corrected chi connectivity index (χ1v) is 11.0. The minimum atomic E-state index is -1.19. The van der Waals surface area contributed by atoms with E-state index in [0.717, 1.165) is 22.3 Å². The molecule has 8 heteroatoms. The molecule has 2 aromatic rings. The number of nitrogens with one attached hydrogen (secondary N) is 2. The quantitative estimate of drug-likeness (QED) is 0.493. The van der Waals surface area contributed by atoms with Crippen molar-refractivity contribution in [1.29, 1.82) is 0 Å². The predicted molar refractivity (Wildman–Crippen MR) is 128 cm³/mol. The van der Waals surface area contributed by atoms with Crippen LogP contribution in [0, 0.1) is 11.8 Å². The smallest absolute Gasteiger partial charge is 0.407 e. The Kier molecular flexibility index (Phi) is 8.28. The third kappa shape index (κ3) is 5.94. The maximum absolute atomic E-state index is 12.8. The fraction of sp³-hybridized carbons (Fsp3) is 0.346. The Hall–Kier alpha value is -3.83. The van der Waals surface area contributed by atoms with Gasteiger partial charge in [-0.2, -0.15) is 0 Å². The molecule has 0 bridgehead atoms. The van der Waals surface area contributed by atoms with Crippen molar-refractivity contribution >= 4 is 18.0 Å². The highest BCUT2D eigenvalue weighted by atomic mass is 16.5. The number of hydrogen-bond donors (Lipinski definition) is 3. The molecular formula is C26H29N3O5. The van der Waals surface area contributed by atoms with E-state index in [9.17, 15) is 19.5 Å². The molecule has 0 spiro atoms. The highest BCUT2D eigenvalue weighted by Crippen LogP contribution is 2.44. The number of ether oxygens (including phenoxy) is 1. The monoisotopic (exact) mass is 463 g/mol. The number of hydrogen-bond acceptors (Lipinski definition) is 5. The van der Waals surface area contributed by atoms with Crippen molar-refractivity contribution in [1.82, 2.24) is 15.5 Å². The van der Waals surface area contributed by atoms with Gasteiger partial charge in [0, 0.05) is 18.9 Å². The van der Waals surface area contributed by atoms with Gasteiger partial charge in [-0.3, -0.25) is 4.79 Å². The lowest BCUT2D eigenvalue weighted by Crippen LogP contribution is -2.55. The van der Waals surface area contributed by atoms with Gasteiger partial charge in [0.05, 0.1) is 0 Å². The van der Waals surface area contributed by atoms with E-state index in [2.05, 4.69) is 22.5 Å². The molecule has 8 nitrogen and oxygen atoms in total. The summed E-state index contributed by atoms with van der Waals surface area (Å²) < 4.78 is 5.53. The van der Waals surface area contributed by atoms with E-state index < -0.39 is 30.1 Å². The van der Waals surface area contributed by atoms with E-state index in [1.807, 2.05) is 48.5 Å². The summed E-state index contributed by atoms with van der Waals surface area (Å²) in [5.74, 6) is 3.35. The topological polar surface area (TPSA) is 108 Å². The number of carboxylic acids is 1. The maximum Gasteiger partial charge on any atom is 0.407 e. The molecule has 34 heavy (non-hydrogen) atoms. The molecule has 178 valence electrons. The van der Waals surface area contributed by atoms with Crippen LogP contribution in [0.2, 0.25) is 0 Å². The van der Waals surface area contributed by atoms with Gasteiger partial charge in [0.15, 0.2) is 0 Å². The lowest BCUT2D eigenvalue weighted by Gasteiger charge is -2.23. The molecule has 2 atom stereocenters. The van der Waals surface area contributed by atoms with Crippen molar-refractivity contribution in [3.63, 3.8) is 0 Å². The normalized spacial score (nSPS) is 13.6. The standard InChI is InChI=1S/C26H29N3O5/c1-4-5-14-22(25(31)32)27-24(30)23(15-29(2)3)28-26(33)34-16-21-19-12-8-6-10-17(19)18-11-7-9-13-20(18)21/h6-13,21-23H,14-16H2,1-3H3,(H,27,30)(H,28,33)(H,31,32)/t22?,23-/m0/s1. The van der Waals surface area contributed by atoms with Crippen LogP contribution in [-0.4, -0.2) is 67.3 Å². The van der Waals surface area contributed by atoms with Crippen molar-refractivity contribution < 1.29 is 24.2 Å². The van der Waals surface area contributed by atoms with Gasteiger partial charge < -0.3 is 25.4 Å². The SMILES string of the molecule is CC#CCC(NC(=O)[C@H](CN(C)C)NC(=O)OCC1c2ccccc2-c2ccccc21)C(=O)O. The summed E-state index contributed by atoms with van der Waals surface area (Å²) in [6, 6.07) is 13.8. The van der Waals surface area contributed by atoms with Gasteiger partial charge in [-0.05, 0) is 43.3 Å². The first-order valence-electron chi connectivity index (χ1n) is 11.0. The van der Waals surface area contributed by atoms with Crippen molar-refractivity contribution in [3.05, 3.63) is 59.7 Å². The number of fused-ring (bicyclic) bond motifs is 3. The van der Waals surface area contributed by atoms with Gasteiger partial charge in [-0.25, -0.2) is 9.59 Å². The fourth-order valence-electron chi connectivity index (χ4n) is 4.02. The number of amides is 2. The summed E-state index contributed by atoms with van der Waals surface area (Å²) in [6.07, 6.45) is -0.777. The maximum atomic E-state index is 12.8. The van der Waals surface area contributed by atoms with E-state index >= 15 is 0 Å². The molecule has 0 heterocycles. The number of carbonyl (C=O) groups is 3. The lowest BCUT2D eigenvalue weighted by molar-refractivity contribution is -0.142. The summed E-state index contributed by atoms with van der Waals surface area (Å²) in [4.78, 5) is 38.6.